The van der Waals surface area contributed by atoms with Crippen LogP contribution in [0, 0.1) is 5.92 Å². The molecule has 1 aromatic carbocycles. The molecule has 1 aromatic heterocycles. The Morgan fingerprint density at radius 2 is 2.15 bits per heavy atom. The SMILES string of the molecule is O[C@H]1CCN(Cc2cscn2)C[C@H]1Cc1ccccc1. The molecule has 0 spiro atoms. The summed E-state index contributed by atoms with van der Waals surface area (Å²) in [6.07, 6.45) is 1.64. The maximum absolute atomic E-state index is 10.2. The molecule has 0 unspecified atom stereocenters. The Hall–Kier alpha value is -1.23. The Balaban J connectivity index is 1.61. The molecule has 2 aromatic rings. The third kappa shape index (κ3) is 3.45. The van der Waals surface area contributed by atoms with Gasteiger partial charge in [-0.05, 0) is 18.4 Å². The van der Waals surface area contributed by atoms with Crippen molar-refractivity contribution in [3.05, 3.63) is 52.5 Å². The zero-order valence-corrected chi connectivity index (χ0v) is 12.3. The van der Waals surface area contributed by atoms with Crippen LogP contribution in [0.2, 0.25) is 0 Å². The second-order valence-electron chi connectivity index (χ2n) is 5.52. The third-order valence-electron chi connectivity index (χ3n) is 3.99. The molecule has 1 N–H and O–H groups in total. The highest BCUT2D eigenvalue weighted by Crippen LogP contribution is 2.22. The van der Waals surface area contributed by atoms with E-state index in [0.29, 0.717) is 5.92 Å². The number of aliphatic hydroxyl groups excluding tert-OH is 1. The van der Waals surface area contributed by atoms with E-state index in [1.165, 1.54) is 5.56 Å². The van der Waals surface area contributed by atoms with Crippen LogP contribution in [0.4, 0.5) is 0 Å². The van der Waals surface area contributed by atoms with Gasteiger partial charge in [0.1, 0.15) is 0 Å². The van der Waals surface area contributed by atoms with Gasteiger partial charge in [0.15, 0.2) is 0 Å². The molecular weight excluding hydrogens is 268 g/mol. The van der Waals surface area contributed by atoms with E-state index in [9.17, 15) is 5.11 Å². The van der Waals surface area contributed by atoms with Crippen LogP contribution in [0.5, 0.6) is 0 Å². The molecule has 3 nitrogen and oxygen atoms in total. The summed E-state index contributed by atoms with van der Waals surface area (Å²) in [5.41, 5.74) is 4.34. The average molecular weight is 288 g/mol. The summed E-state index contributed by atoms with van der Waals surface area (Å²) in [6, 6.07) is 10.5. The zero-order valence-electron chi connectivity index (χ0n) is 11.5. The third-order valence-corrected chi connectivity index (χ3v) is 4.62. The fraction of sp³-hybridized carbons (Fsp3) is 0.438. The molecule has 1 saturated heterocycles. The smallest absolute Gasteiger partial charge is 0.0795 e. The number of rotatable bonds is 4. The molecule has 3 rings (SSSR count). The Kier molecular flexibility index (Phi) is 4.45. The lowest BCUT2D eigenvalue weighted by molar-refractivity contribution is 0.0235. The highest BCUT2D eigenvalue weighted by atomic mass is 32.1. The summed E-state index contributed by atoms with van der Waals surface area (Å²) >= 11 is 1.64. The first-order valence-corrected chi connectivity index (χ1v) is 8.07. The molecule has 4 heteroatoms. The molecule has 2 atom stereocenters. The summed E-state index contributed by atoms with van der Waals surface area (Å²) in [6.45, 7) is 2.82. The number of benzene rings is 1. The van der Waals surface area contributed by atoms with Gasteiger partial charge in [-0.3, -0.25) is 4.90 Å². The molecular formula is C16H20N2OS. The van der Waals surface area contributed by atoms with Gasteiger partial charge in [0.05, 0.1) is 17.3 Å². The second kappa shape index (κ2) is 6.48. The highest BCUT2D eigenvalue weighted by Gasteiger charge is 2.27. The summed E-state index contributed by atoms with van der Waals surface area (Å²) < 4.78 is 0. The van der Waals surface area contributed by atoms with E-state index in [4.69, 9.17) is 0 Å². The van der Waals surface area contributed by atoms with Crippen LogP contribution in [0.25, 0.3) is 0 Å². The van der Waals surface area contributed by atoms with Crippen molar-refractivity contribution in [2.24, 2.45) is 5.92 Å². The van der Waals surface area contributed by atoms with E-state index < -0.39 is 0 Å². The molecule has 20 heavy (non-hydrogen) atoms. The number of aliphatic hydroxyl groups is 1. The highest BCUT2D eigenvalue weighted by molar-refractivity contribution is 7.07. The minimum Gasteiger partial charge on any atom is -0.393 e. The summed E-state index contributed by atoms with van der Waals surface area (Å²) in [5.74, 6) is 0.324. The second-order valence-corrected chi connectivity index (χ2v) is 6.24. The maximum atomic E-state index is 10.2. The van der Waals surface area contributed by atoms with Crippen LogP contribution in [0.15, 0.2) is 41.2 Å². The number of hydrogen-bond acceptors (Lipinski definition) is 4. The molecule has 0 bridgehead atoms. The van der Waals surface area contributed by atoms with Crippen molar-refractivity contribution in [3.63, 3.8) is 0 Å². The first kappa shape index (κ1) is 13.7. The van der Waals surface area contributed by atoms with Crippen molar-refractivity contribution in [1.82, 2.24) is 9.88 Å². The number of thiazole rings is 1. The van der Waals surface area contributed by atoms with E-state index in [-0.39, 0.29) is 6.10 Å². The fourth-order valence-electron chi connectivity index (χ4n) is 2.90. The van der Waals surface area contributed by atoms with Crippen LogP contribution in [0.1, 0.15) is 17.7 Å². The largest absolute Gasteiger partial charge is 0.393 e. The quantitative estimate of drug-likeness (QED) is 0.939. The molecule has 0 radical (unpaired) electrons. The van der Waals surface area contributed by atoms with Crippen LogP contribution in [0.3, 0.4) is 0 Å². The van der Waals surface area contributed by atoms with Gasteiger partial charge in [-0.15, -0.1) is 11.3 Å². The Labute approximate surface area is 123 Å². The Bertz CT molecular complexity index is 515. The van der Waals surface area contributed by atoms with E-state index >= 15 is 0 Å². The van der Waals surface area contributed by atoms with Gasteiger partial charge in [0.2, 0.25) is 0 Å². The van der Waals surface area contributed by atoms with Gasteiger partial charge in [-0.2, -0.15) is 0 Å². The summed E-state index contributed by atoms with van der Waals surface area (Å²) in [4.78, 5) is 6.76. The molecule has 0 saturated carbocycles. The van der Waals surface area contributed by atoms with Crippen LogP contribution >= 0.6 is 11.3 Å². The van der Waals surface area contributed by atoms with Gasteiger partial charge in [0.25, 0.3) is 0 Å². The van der Waals surface area contributed by atoms with Crippen molar-refractivity contribution in [1.29, 1.82) is 0 Å². The van der Waals surface area contributed by atoms with Crippen molar-refractivity contribution in [2.75, 3.05) is 13.1 Å². The molecule has 0 amide bonds. The lowest BCUT2D eigenvalue weighted by Crippen LogP contribution is -2.43. The summed E-state index contributed by atoms with van der Waals surface area (Å²) in [5, 5.41) is 12.3. The fourth-order valence-corrected chi connectivity index (χ4v) is 3.45. The molecule has 0 aliphatic carbocycles. The van der Waals surface area contributed by atoms with E-state index in [2.05, 4.69) is 39.5 Å². The predicted octanol–water partition coefficient (Wildman–Crippen LogP) is 2.57. The van der Waals surface area contributed by atoms with E-state index in [0.717, 1.165) is 38.2 Å². The van der Waals surface area contributed by atoms with Crippen molar-refractivity contribution in [2.45, 2.75) is 25.5 Å². The lowest BCUT2D eigenvalue weighted by atomic mass is 9.88. The average Bonchev–Trinajstić information content (AvgIpc) is 2.97. The monoisotopic (exact) mass is 288 g/mol. The number of hydrogen-bond donors (Lipinski definition) is 1. The first-order chi connectivity index (χ1) is 9.81. The normalized spacial score (nSPS) is 23.9. The van der Waals surface area contributed by atoms with E-state index in [1.54, 1.807) is 11.3 Å². The van der Waals surface area contributed by atoms with Gasteiger partial charge in [-0.25, -0.2) is 4.98 Å². The topological polar surface area (TPSA) is 36.4 Å². The Morgan fingerprint density at radius 3 is 2.90 bits per heavy atom. The lowest BCUT2D eigenvalue weighted by Gasteiger charge is -2.36. The van der Waals surface area contributed by atoms with Gasteiger partial charge < -0.3 is 5.11 Å². The predicted molar refractivity (Wildman–Crippen MR) is 81.7 cm³/mol. The van der Waals surface area contributed by atoms with Gasteiger partial charge in [0, 0.05) is 30.9 Å². The van der Waals surface area contributed by atoms with E-state index in [1.807, 2.05) is 11.6 Å². The van der Waals surface area contributed by atoms with Crippen LogP contribution in [-0.2, 0) is 13.0 Å². The molecule has 106 valence electrons. The zero-order chi connectivity index (χ0) is 13.8. The standard InChI is InChI=1S/C16H20N2OS/c19-16-6-7-18(10-15-11-20-12-17-15)9-14(16)8-13-4-2-1-3-5-13/h1-5,11-12,14,16,19H,6-10H2/t14-,16+/m1/s1. The number of aromatic nitrogens is 1. The van der Waals surface area contributed by atoms with Gasteiger partial charge in [-0.1, -0.05) is 30.3 Å². The maximum Gasteiger partial charge on any atom is 0.0795 e. The molecule has 1 aliphatic rings. The molecule has 1 fully saturated rings. The first-order valence-electron chi connectivity index (χ1n) is 7.12. The van der Waals surface area contributed by atoms with Crippen molar-refractivity contribution in [3.8, 4) is 0 Å². The molecule has 1 aliphatic heterocycles. The number of likely N-dealkylation sites (tertiary alicyclic amines) is 1. The number of piperidine rings is 1. The molecule has 2 heterocycles. The van der Waals surface area contributed by atoms with Crippen molar-refractivity contribution >= 4 is 11.3 Å². The van der Waals surface area contributed by atoms with Crippen LogP contribution < -0.4 is 0 Å². The number of nitrogens with zero attached hydrogens (tertiary/aromatic N) is 2. The summed E-state index contributed by atoms with van der Waals surface area (Å²) in [7, 11) is 0. The van der Waals surface area contributed by atoms with Crippen molar-refractivity contribution < 1.29 is 5.11 Å². The minimum absolute atomic E-state index is 0.179. The minimum atomic E-state index is -0.179. The van der Waals surface area contributed by atoms with Gasteiger partial charge >= 0.3 is 0 Å². The Morgan fingerprint density at radius 1 is 1.30 bits per heavy atom. The van der Waals surface area contributed by atoms with Crippen LogP contribution in [-0.4, -0.2) is 34.2 Å².